The quantitative estimate of drug-likeness (QED) is 0.693. The molecule has 0 unspecified atom stereocenters. The Kier molecular flexibility index (Phi) is 5.09. The lowest BCUT2D eigenvalue weighted by atomic mass is 10.3. The predicted octanol–water partition coefficient (Wildman–Crippen LogP) is 4.23. The van der Waals surface area contributed by atoms with Crippen molar-refractivity contribution in [3.8, 4) is 0 Å². The number of fused-ring (bicyclic) bond motifs is 1. The first kappa shape index (κ1) is 17.9. The molecule has 1 N–H and O–H groups in total. The second-order valence-electron chi connectivity index (χ2n) is 6.21. The fourth-order valence-electron chi connectivity index (χ4n) is 2.98. The minimum Gasteiger partial charge on any atom is -0.346 e. The van der Waals surface area contributed by atoms with Gasteiger partial charge in [-0.3, -0.25) is 0 Å². The van der Waals surface area contributed by atoms with Crippen molar-refractivity contribution < 1.29 is 9.18 Å². The highest BCUT2D eigenvalue weighted by Gasteiger charge is 2.21. The lowest BCUT2D eigenvalue weighted by Crippen LogP contribution is -2.38. The van der Waals surface area contributed by atoms with Crippen LogP contribution in [0.4, 0.5) is 20.0 Å². The molecule has 0 aliphatic carbocycles. The number of carbonyl (C=O) groups excluding carboxylic acids is 1. The lowest BCUT2D eigenvalue weighted by molar-refractivity contribution is 0.215. The van der Waals surface area contributed by atoms with E-state index in [4.69, 9.17) is 11.6 Å². The third-order valence-electron chi connectivity index (χ3n) is 4.38. The van der Waals surface area contributed by atoms with Crippen LogP contribution in [-0.4, -0.2) is 47.1 Å². The van der Waals surface area contributed by atoms with Crippen LogP contribution in [0.2, 0.25) is 5.02 Å². The molecule has 1 aliphatic heterocycles. The molecule has 1 fully saturated rings. The number of anilines is 2. The summed E-state index contributed by atoms with van der Waals surface area (Å²) in [6, 6.07) is 7.76. The largest absolute Gasteiger partial charge is 0.346 e. The SMILES string of the molecule is O=C(Nc1ccc(F)c(Cl)c1)N1CCCN(c2nc3cccnc3s2)CC1. The number of halogens is 2. The third-order valence-corrected chi connectivity index (χ3v) is 5.71. The van der Waals surface area contributed by atoms with Crippen molar-refractivity contribution in [2.75, 3.05) is 36.4 Å². The summed E-state index contributed by atoms with van der Waals surface area (Å²) in [6.45, 7) is 2.73. The molecule has 0 spiro atoms. The Morgan fingerprint density at radius 2 is 2.11 bits per heavy atom. The fraction of sp³-hybridized carbons (Fsp3) is 0.278. The smallest absolute Gasteiger partial charge is 0.321 e. The van der Waals surface area contributed by atoms with E-state index < -0.39 is 5.82 Å². The van der Waals surface area contributed by atoms with Gasteiger partial charge in [-0.15, -0.1) is 0 Å². The number of rotatable bonds is 2. The molecular formula is C18H17ClFN5OS. The Balaban J connectivity index is 1.41. The van der Waals surface area contributed by atoms with Gasteiger partial charge in [0.15, 0.2) is 5.13 Å². The van der Waals surface area contributed by atoms with Gasteiger partial charge in [0.05, 0.1) is 5.02 Å². The van der Waals surface area contributed by atoms with E-state index in [1.54, 1.807) is 22.4 Å². The first-order valence-corrected chi connectivity index (χ1v) is 9.77. The zero-order valence-corrected chi connectivity index (χ0v) is 15.9. The third kappa shape index (κ3) is 3.96. The molecule has 3 aromatic rings. The van der Waals surface area contributed by atoms with Gasteiger partial charge in [-0.25, -0.2) is 19.2 Å². The van der Waals surface area contributed by atoms with Crippen LogP contribution in [0.5, 0.6) is 0 Å². The number of aromatic nitrogens is 2. The minimum atomic E-state index is -0.509. The molecule has 1 aliphatic rings. The zero-order valence-electron chi connectivity index (χ0n) is 14.4. The van der Waals surface area contributed by atoms with E-state index in [1.165, 1.54) is 18.2 Å². The monoisotopic (exact) mass is 405 g/mol. The van der Waals surface area contributed by atoms with Gasteiger partial charge in [-0.05, 0) is 36.8 Å². The molecule has 140 valence electrons. The van der Waals surface area contributed by atoms with Gasteiger partial charge in [0.1, 0.15) is 16.2 Å². The van der Waals surface area contributed by atoms with Crippen LogP contribution in [-0.2, 0) is 0 Å². The number of amides is 2. The Morgan fingerprint density at radius 3 is 2.93 bits per heavy atom. The average Bonchev–Trinajstić information content (AvgIpc) is 2.93. The minimum absolute atomic E-state index is 0.0145. The number of benzene rings is 1. The van der Waals surface area contributed by atoms with Gasteiger partial charge in [-0.2, -0.15) is 0 Å². The normalized spacial score (nSPS) is 15.0. The van der Waals surface area contributed by atoms with E-state index in [0.717, 1.165) is 28.4 Å². The maximum absolute atomic E-state index is 13.3. The van der Waals surface area contributed by atoms with Gasteiger partial charge in [-0.1, -0.05) is 22.9 Å². The molecule has 0 bridgehead atoms. The van der Waals surface area contributed by atoms with Crippen molar-refractivity contribution in [2.24, 2.45) is 0 Å². The number of hydrogen-bond donors (Lipinski definition) is 1. The molecule has 0 atom stereocenters. The number of urea groups is 1. The fourth-order valence-corrected chi connectivity index (χ4v) is 4.12. The van der Waals surface area contributed by atoms with Crippen LogP contribution in [0.15, 0.2) is 36.5 Å². The summed E-state index contributed by atoms with van der Waals surface area (Å²) in [5, 5.41) is 3.69. The topological polar surface area (TPSA) is 61.4 Å². The summed E-state index contributed by atoms with van der Waals surface area (Å²) in [7, 11) is 0. The molecule has 27 heavy (non-hydrogen) atoms. The summed E-state index contributed by atoms with van der Waals surface area (Å²) in [4.78, 5) is 26.4. The Hall–Kier alpha value is -2.45. The predicted molar refractivity (Wildman–Crippen MR) is 106 cm³/mol. The highest BCUT2D eigenvalue weighted by atomic mass is 35.5. The molecular weight excluding hydrogens is 389 g/mol. The van der Waals surface area contributed by atoms with Crippen molar-refractivity contribution in [3.05, 3.63) is 47.4 Å². The molecule has 2 amide bonds. The van der Waals surface area contributed by atoms with Crippen LogP contribution < -0.4 is 10.2 Å². The lowest BCUT2D eigenvalue weighted by Gasteiger charge is -2.22. The van der Waals surface area contributed by atoms with Crippen molar-refractivity contribution in [1.82, 2.24) is 14.9 Å². The number of nitrogens with zero attached hydrogens (tertiary/aromatic N) is 4. The van der Waals surface area contributed by atoms with Crippen LogP contribution in [0.3, 0.4) is 0 Å². The van der Waals surface area contributed by atoms with Crippen molar-refractivity contribution in [2.45, 2.75) is 6.42 Å². The number of hydrogen-bond acceptors (Lipinski definition) is 5. The molecule has 2 aromatic heterocycles. The maximum Gasteiger partial charge on any atom is 0.321 e. The van der Waals surface area contributed by atoms with E-state index >= 15 is 0 Å². The van der Waals surface area contributed by atoms with Gasteiger partial charge in [0, 0.05) is 38.1 Å². The van der Waals surface area contributed by atoms with Crippen LogP contribution in [0, 0.1) is 5.82 Å². The molecule has 9 heteroatoms. The average molecular weight is 406 g/mol. The number of nitrogens with one attached hydrogen (secondary N) is 1. The number of pyridine rings is 1. The van der Waals surface area contributed by atoms with E-state index in [1.807, 2.05) is 12.1 Å². The highest BCUT2D eigenvalue weighted by Crippen LogP contribution is 2.27. The summed E-state index contributed by atoms with van der Waals surface area (Å²) in [5.74, 6) is -0.509. The standard InChI is InChI=1S/C18H17ClFN5OS/c19-13-11-12(4-5-14(13)20)22-17(26)24-7-2-8-25(10-9-24)18-23-15-3-1-6-21-16(15)27-18/h1,3-6,11H,2,7-10H2,(H,22,26). The van der Waals surface area contributed by atoms with Gasteiger partial charge in [0.25, 0.3) is 0 Å². The van der Waals surface area contributed by atoms with Crippen molar-refractivity contribution in [3.63, 3.8) is 0 Å². The number of carbonyl (C=O) groups is 1. The molecule has 3 heterocycles. The van der Waals surface area contributed by atoms with Crippen LogP contribution >= 0.6 is 22.9 Å². The molecule has 0 radical (unpaired) electrons. The van der Waals surface area contributed by atoms with Gasteiger partial charge >= 0.3 is 6.03 Å². The summed E-state index contributed by atoms with van der Waals surface area (Å²) < 4.78 is 13.3. The summed E-state index contributed by atoms with van der Waals surface area (Å²) in [6.07, 6.45) is 2.60. The molecule has 0 saturated carbocycles. The number of thiazole rings is 1. The first-order valence-electron chi connectivity index (χ1n) is 8.57. The van der Waals surface area contributed by atoms with Crippen LogP contribution in [0.1, 0.15) is 6.42 Å². The van der Waals surface area contributed by atoms with Crippen molar-refractivity contribution >= 4 is 50.1 Å². The first-order chi connectivity index (χ1) is 13.1. The maximum atomic E-state index is 13.3. The Labute approximate surface area is 164 Å². The highest BCUT2D eigenvalue weighted by molar-refractivity contribution is 7.21. The molecule has 4 rings (SSSR count). The molecule has 1 saturated heterocycles. The molecule has 6 nitrogen and oxygen atoms in total. The van der Waals surface area contributed by atoms with E-state index in [0.29, 0.717) is 25.3 Å². The van der Waals surface area contributed by atoms with E-state index in [2.05, 4.69) is 20.2 Å². The Bertz CT molecular complexity index is 948. The molecule has 1 aromatic carbocycles. The second-order valence-corrected chi connectivity index (χ2v) is 7.57. The van der Waals surface area contributed by atoms with E-state index in [9.17, 15) is 9.18 Å². The summed E-state index contributed by atoms with van der Waals surface area (Å²) in [5.41, 5.74) is 1.37. The van der Waals surface area contributed by atoms with Gasteiger partial charge < -0.3 is 15.1 Å². The van der Waals surface area contributed by atoms with Gasteiger partial charge in [0.2, 0.25) is 0 Å². The Morgan fingerprint density at radius 1 is 1.22 bits per heavy atom. The summed E-state index contributed by atoms with van der Waals surface area (Å²) >= 11 is 7.33. The zero-order chi connectivity index (χ0) is 18.8. The van der Waals surface area contributed by atoms with Crippen LogP contribution in [0.25, 0.3) is 10.3 Å². The van der Waals surface area contributed by atoms with Crippen molar-refractivity contribution in [1.29, 1.82) is 0 Å². The second kappa shape index (κ2) is 7.66. The van der Waals surface area contributed by atoms with E-state index in [-0.39, 0.29) is 11.1 Å².